The highest BCUT2D eigenvalue weighted by molar-refractivity contribution is 5.80. The fraction of sp³-hybridized carbons (Fsp3) is 0.947. The Hall–Kier alpha value is -1.15. The van der Waals surface area contributed by atoms with Crippen LogP contribution in [-0.2, 0) is 14.3 Å². The Kier molecular flexibility index (Phi) is 44.7. The fourth-order valence-electron chi connectivity index (χ4n) is 9.56. The van der Waals surface area contributed by atoms with E-state index in [0.717, 1.165) is 44.9 Å². The molecular formula is C57H111NO10. The molecule has 8 N–H and O–H groups in total. The van der Waals surface area contributed by atoms with E-state index >= 15 is 0 Å². The van der Waals surface area contributed by atoms with Gasteiger partial charge < -0.3 is 50.5 Å². The summed E-state index contributed by atoms with van der Waals surface area (Å²) in [6.45, 7) is 3.41. The lowest BCUT2D eigenvalue weighted by Gasteiger charge is -2.40. The molecule has 1 fully saturated rings. The topological polar surface area (TPSA) is 189 Å². The van der Waals surface area contributed by atoms with Gasteiger partial charge in [-0.05, 0) is 38.5 Å². The third kappa shape index (κ3) is 35.1. The zero-order chi connectivity index (χ0) is 49.7. The first-order chi connectivity index (χ1) is 33.2. The molecular weight excluding hydrogens is 859 g/mol. The molecule has 1 aliphatic heterocycles. The molecule has 0 radical (unpaired) electrons. The first-order valence-electron chi connectivity index (χ1n) is 29.1. The summed E-state index contributed by atoms with van der Waals surface area (Å²) in [5, 5.41) is 75.5. The number of amides is 1. The first-order valence-corrected chi connectivity index (χ1v) is 29.1. The van der Waals surface area contributed by atoms with E-state index in [4.69, 9.17) is 9.47 Å². The minimum absolute atomic E-state index is 0.264. The van der Waals surface area contributed by atoms with Crippen molar-refractivity contribution in [2.75, 3.05) is 13.2 Å². The van der Waals surface area contributed by atoms with E-state index in [1.807, 2.05) is 0 Å². The van der Waals surface area contributed by atoms with Crippen LogP contribution in [0.3, 0.4) is 0 Å². The number of carbonyl (C=O) groups excluding carboxylic acids is 1. The average Bonchev–Trinajstić information content (AvgIpc) is 3.34. The van der Waals surface area contributed by atoms with Crippen molar-refractivity contribution in [3.63, 3.8) is 0 Å². The summed E-state index contributed by atoms with van der Waals surface area (Å²) in [5.41, 5.74) is 0. The second kappa shape index (κ2) is 46.9. The van der Waals surface area contributed by atoms with Gasteiger partial charge in [0, 0.05) is 0 Å². The Morgan fingerprint density at radius 1 is 0.500 bits per heavy atom. The van der Waals surface area contributed by atoms with Crippen LogP contribution in [0.4, 0.5) is 0 Å². The summed E-state index contributed by atoms with van der Waals surface area (Å²) in [4.78, 5) is 13.1. The van der Waals surface area contributed by atoms with E-state index in [1.165, 1.54) is 193 Å². The zero-order valence-electron chi connectivity index (χ0n) is 44.1. The number of nitrogens with one attached hydrogen (secondary N) is 1. The lowest BCUT2D eigenvalue weighted by Crippen LogP contribution is -2.60. The SMILES string of the molecule is CCCCCCCCCCCCCCCC/C=C\CCCCCCCCCCCCCCCCCCC(O)C(=O)NC(COC1OC(CO)C(O)C(O)C1O)C(O)C(O)CCCCCCCCC. The Labute approximate surface area is 417 Å². The van der Waals surface area contributed by atoms with Crippen LogP contribution < -0.4 is 5.32 Å². The van der Waals surface area contributed by atoms with Crippen LogP contribution in [-0.4, -0.2) is 110 Å². The van der Waals surface area contributed by atoms with Crippen LogP contribution in [0.1, 0.15) is 277 Å². The third-order valence-electron chi connectivity index (χ3n) is 14.3. The molecule has 1 rings (SSSR count). The second-order valence-electron chi connectivity index (χ2n) is 20.7. The average molecular weight is 971 g/mol. The fourth-order valence-corrected chi connectivity index (χ4v) is 9.56. The van der Waals surface area contributed by atoms with E-state index in [-0.39, 0.29) is 6.42 Å². The van der Waals surface area contributed by atoms with Crippen molar-refractivity contribution in [1.82, 2.24) is 5.32 Å². The normalized spacial score (nSPS) is 20.5. The van der Waals surface area contributed by atoms with Gasteiger partial charge in [-0.2, -0.15) is 0 Å². The highest BCUT2D eigenvalue weighted by Crippen LogP contribution is 2.23. The molecule has 11 heteroatoms. The summed E-state index contributed by atoms with van der Waals surface area (Å²) in [6.07, 6.45) is 43.4. The van der Waals surface area contributed by atoms with Crippen molar-refractivity contribution >= 4 is 5.91 Å². The second-order valence-corrected chi connectivity index (χ2v) is 20.7. The predicted molar refractivity (Wildman–Crippen MR) is 279 cm³/mol. The molecule has 0 spiro atoms. The highest BCUT2D eigenvalue weighted by atomic mass is 16.7. The lowest BCUT2D eigenvalue weighted by atomic mass is 9.98. The van der Waals surface area contributed by atoms with Gasteiger partial charge in [0.1, 0.15) is 36.6 Å². The number of unbranched alkanes of at least 4 members (excludes halogenated alkanes) is 36. The molecule has 404 valence electrons. The van der Waals surface area contributed by atoms with Crippen LogP contribution >= 0.6 is 0 Å². The minimum Gasteiger partial charge on any atom is -0.394 e. The molecule has 1 amide bonds. The smallest absolute Gasteiger partial charge is 0.249 e. The molecule has 0 aromatic heterocycles. The maximum atomic E-state index is 13.1. The molecule has 0 aliphatic carbocycles. The van der Waals surface area contributed by atoms with Gasteiger partial charge in [0.15, 0.2) is 6.29 Å². The number of aliphatic hydroxyl groups excluding tert-OH is 7. The van der Waals surface area contributed by atoms with Crippen LogP contribution in [0.15, 0.2) is 12.2 Å². The number of aliphatic hydroxyl groups is 7. The van der Waals surface area contributed by atoms with Crippen LogP contribution in [0.5, 0.6) is 0 Å². The molecule has 1 saturated heterocycles. The van der Waals surface area contributed by atoms with Crippen LogP contribution in [0.2, 0.25) is 0 Å². The molecule has 1 aliphatic rings. The monoisotopic (exact) mass is 970 g/mol. The van der Waals surface area contributed by atoms with Gasteiger partial charge in [0.2, 0.25) is 5.91 Å². The lowest BCUT2D eigenvalue weighted by molar-refractivity contribution is -0.303. The maximum Gasteiger partial charge on any atom is 0.249 e. The Morgan fingerprint density at radius 2 is 0.853 bits per heavy atom. The van der Waals surface area contributed by atoms with Crippen molar-refractivity contribution < 1.29 is 50.0 Å². The summed E-state index contributed by atoms with van der Waals surface area (Å²) < 4.78 is 11.1. The van der Waals surface area contributed by atoms with Gasteiger partial charge in [0.25, 0.3) is 0 Å². The highest BCUT2D eigenvalue weighted by Gasteiger charge is 2.44. The predicted octanol–water partition coefficient (Wildman–Crippen LogP) is 12.0. The summed E-state index contributed by atoms with van der Waals surface area (Å²) >= 11 is 0. The van der Waals surface area contributed by atoms with Crippen molar-refractivity contribution in [3.05, 3.63) is 12.2 Å². The summed E-state index contributed by atoms with van der Waals surface area (Å²) in [7, 11) is 0. The number of hydrogen-bond acceptors (Lipinski definition) is 10. The molecule has 1 heterocycles. The van der Waals surface area contributed by atoms with Crippen LogP contribution in [0.25, 0.3) is 0 Å². The number of hydrogen-bond donors (Lipinski definition) is 8. The molecule has 0 aromatic carbocycles. The third-order valence-corrected chi connectivity index (χ3v) is 14.3. The maximum absolute atomic E-state index is 13.1. The van der Waals surface area contributed by atoms with Crippen molar-refractivity contribution in [2.45, 2.75) is 332 Å². The van der Waals surface area contributed by atoms with E-state index in [1.54, 1.807) is 0 Å². The van der Waals surface area contributed by atoms with Crippen molar-refractivity contribution in [3.8, 4) is 0 Å². The van der Waals surface area contributed by atoms with Gasteiger partial charge in [-0.3, -0.25) is 4.79 Å². The number of ether oxygens (including phenoxy) is 2. The Morgan fingerprint density at radius 3 is 1.24 bits per heavy atom. The molecule has 9 atom stereocenters. The van der Waals surface area contributed by atoms with E-state index in [9.17, 15) is 40.5 Å². The quantitative estimate of drug-likeness (QED) is 0.0215. The Bertz CT molecular complexity index is 1110. The zero-order valence-corrected chi connectivity index (χ0v) is 44.1. The van der Waals surface area contributed by atoms with Gasteiger partial charge in [-0.1, -0.05) is 251 Å². The van der Waals surface area contributed by atoms with E-state index in [2.05, 4.69) is 31.3 Å². The summed E-state index contributed by atoms with van der Waals surface area (Å²) in [5.74, 6) is -0.696. The molecule has 0 saturated carbocycles. The standard InChI is InChI=1S/C57H111NO10/c1-3-5-7-9-11-12-13-14-15-16-17-18-19-20-21-22-23-24-25-26-27-28-29-30-31-32-33-34-35-36-37-39-41-43-45-50(61)56(66)58-48(52(62)49(60)44-42-40-38-10-8-6-4-2)47-67-57-55(65)54(64)53(63)51(46-59)68-57/h22-23,48-55,57,59-65H,3-21,24-47H2,1-2H3,(H,58,66)/b23-22-. The van der Waals surface area contributed by atoms with Crippen molar-refractivity contribution in [1.29, 1.82) is 0 Å². The number of allylic oxidation sites excluding steroid dienone is 2. The minimum atomic E-state index is -1.66. The number of carbonyl (C=O) groups is 1. The molecule has 0 aromatic rings. The largest absolute Gasteiger partial charge is 0.394 e. The molecule has 0 bridgehead atoms. The van der Waals surface area contributed by atoms with Gasteiger partial charge in [0.05, 0.1) is 25.4 Å². The van der Waals surface area contributed by atoms with E-state index < -0.39 is 74.2 Å². The molecule has 68 heavy (non-hydrogen) atoms. The molecule has 9 unspecified atom stereocenters. The van der Waals surface area contributed by atoms with E-state index in [0.29, 0.717) is 19.3 Å². The molecule has 11 nitrogen and oxygen atoms in total. The number of rotatable bonds is 50. The van der Waals surface area contributed by atoms with Gasteiger partial charge in [-0.25, -0.2) is 0 Å². The van der Waals surface area contributed by atoms with Crippen molar-refractivity contribution in [2.24, 2.45) is 0 Å². The first kappa shape index (κ1) is 64.9. The van der Waals surface area contributed by atoms with Gasteiger partial charge >= 0.3 is 0 Å². The van der Waals surface area contributed by atoms with Gasteiger partial charge in [-0.15, -0.1) is 0 Å². The summed E-state index contributed by atoms with van der Waals surface area (Å²) in [6, 6.07) is -1.16. The van der Waals surface area contributed by atoms with Crippen LogP contribution in [0, 0.1) is 0 Å². The Balaban J connectivity index is 2.09.